The summed E-state index contributed by atoms with van der Waals surface area (Å²) in [5.41, 5.74) is 3.19. The van der Waals surface area contributed by atoms with Gasteiger partial charge in [-0.25, -0.2) is 9.97 Å². The SMILES string of the molecule is CN1CCN(C(=O)c2ccc(-c3cc4ncnc(N[C@H](CO)c5ccccc5)c4s3)cn2)CC1. The number of fused-ring (bicyclic) bond motifs is 1. The fourth-order valence-corrected chi connectivity index (χ4v) is 5.08. The van der Waals surface area contributed by atoms with E-state index in [1.807, 2.05) is 47.4 Å². The highest BCUT2D eigenvalue weighted by Gasteiger charge is 2.21. The van der Waals surface area contributed by atoms with E-state index in [4.69, 9.17) is 0 Å². The third-order valence-electron chi connectivity index (χ3n) is 6.06. The molecule has 0 spiro atoms. The Bertz CT molecular complexity index is 1270. The van der Waals surface area contributed by atoms with E-state index in [2.05, 4.69) is 32.2 Å². The number of aliphatic hydroxyl groups excluding tert-OH is 1. The Hall–Kier alpha value is -3.40. The number of carbonyl (C=O) groups is 1. The van der Waals surface area contributed by atoms with Crippen LogP contribution in [-0.4, -0.2) is 75.6 Å². The summed E-state index contributed by atoms with van der Waals surface area (Å²) in [5, 5.41) is 13.3. The van der Waals surface area contributed by atoms with E-state index in [9.17, 15) is 9.90 Å². The fraction of sp³-hybridized carbons (Fsp3) is 0.280. The van der Waals surface area contributed by atoms with Crippen molar-refractivity contribution in [2.45, 2.75) is 6.04 Å². The monoisotopic (exact) mass is 474 g/mol. The van der Waals surface area contributed by atoms with Crippen LogP contribution in [0.4, 0.5) is 5.82 Å². The van der Waals surface area contributed by atoms with Gasteiger partial charge in [0.2, 0.25) is 0 Å². The number of carbonyl (C=O) groups excluding carboxylic acids is 1. The van der Waals surface area contributed by atoms with Gasteiger partial charge in [0.25, 0.3) is 5.91 Å². The lowest BCUT2D eigenvalue weighted by Gasteiger charge is -2.32. The third kappa shape index (κ3) is 4.63. The molecule has 1 aliphatic heterocycles. The maximum atomic E-state index is 12.8. The van der Waals surface area contributed by atoms with E-state index in [1.54, 1.807) is 23.6 Å². The molecule has 0 radical (unpaired) electrons. The van der Waals surface area contributed by atoms with E-state index in [0.717, 1.165) is 52.4 Å². The number of piperazine rings is 1. The van der Waals surface area contributed by atoms with E-state index in [-0.39, 0.29) is 18.6 Å². The molecule has 1 fully saturated rings. The highest BCUT2D eigenvalue weighted by molar-refractivity contribution is 7.22. The highest BCUT2D eigenvalue weighted by atomic mass is 32.1. The quantitative estimate of drug-likeness (QED) is 0.443. The molecule has 34 heavy (non-hydrogen) atoms. The van der Waals surface area contributed by atoms with Crippen LogP contribution in [-0.2, 0) is 0 Å². The second-order valence-electron chi connectivity index (χ2n) is 8.37. The minimum Gasteiger partial charge on any atom is -0.394 e. The van der Waals surface area contributed by atoms with Gasteiger partial charge in [-0.1, -0.05) is 30.3 Å². The number of benzene rings is 1. The number of anilines is 1. The van der Waals surface area contributed by atoms with Gasteiger partial charge in [-0.05, 0) is 30.8 Å². The van der Waals surface area contributed by atoms with E-state index < -0.39 is 0 Å². The molecule has 8 nitrogen and oxygen atoms in total. The smallest absolute Gasteiger partial charge is 0.272 e. The molecule has 4 aromatic rings. The first kappa shape index (κ1) is 22.4. The number of amides is 1. The summed E-state index contributed by atoms with van der Waals surface area (Å²) in [4.78, 5) is 31.2. The summed E-state index contributed by atoms with van der Waals surface area (Å²) < 4.78 is 0.907. The normalized spacial score (nSPS) is 15.4. The molecule has 2 N–H and O–H groups in total. The molecule has 1 atom stereocenters. The molecule has 174 valence electrons. The molecule has 9 heteroatoms. The lowest BCUT2D eigenvalue weighted by Crippen LogP contribution is -2.47. The fourth-order valence-electron chi connectivity index (χ4n) is 4.02. The van der Waals surface area contributed by atoms with Crippen molar-refractivity contribution in [1.82, 2.24) is 24.8 Å². The van der Waals surface area contributed by atoms with Crippen LogP contribution >= 0.6 is 11.3 Å². The third-order valence-corrected chi connectivity index (χ3v) is 7.24. The Kier molecular flexibility index (Phi) is 6.48. The number of hydrogen-bond donors (Lipinski definition) is 2. The largest absolute Gasteiger partial charge is 0.394 e. The number of aromatic nitrogens is 3. The Morgan fingerprint density at radius 1 is 1.09 bits per heavy atom. The number of pyridine rings is 1. The Balaban J connectivity index is 1.37. The number of thiophene rings is 1. The second kappa shape index (κ2) is 9.84. The number of likely N-dealkylation sites (N-methyl/N-ethyl adjacent to an activating group) is 1. The summed E-state index contributed by atoms with van der Waals surface area (Å²) in [7, 11) is 2.07. The topological polar surface area (TPSA) is 94.5 Å². The summed E-state index contributed by atoms with van der Waals surface area (Å²) >= 11 is 1.56. The van der Waals surface area contributed by atoms with Crippen molar-refractivity contribution in [3.63, 3.8) is 0 Å². The molecule has 0 bridgehead atoms. The molecule has 3 aromatic heterocycles. The van der Waals surface area contributed by atoms with Crippen molar-refractivity contribution >= 4 is 33.3 Å². The molecule has 0 unspecified atom stereocenters. The zero-order valence-electron chi connectivity index (χ0n) is 18.9. The van der Waals surface area contributed by atoms with Crippen LogP contribution in [0.1, 0.15) is 22.1 Å². The van der Waals surface area contributed by atoms with Gasteiger partial charge in [0.15, 0.2) is 0 Å². The van der Waals surface area contributed by atoms with Crippen LogP contribution in [0.15, 0.2) is 61.1 Å². The van der Waals surface area contributed by atoms with Crippen LogP contribution in [0, 0.1) is 0 Å². The summed E-state index contributed by atoms with van der Waals surface area (Å²) in [5.74, 6) is 0.656. The standard InChI is InChI=1S/C25H26N6O2S/c1-30-9-11-31(12-10-30)25(33)19-8-7-18(14-26-19)22-13-20-23(34-22)24(28-16-27-20)29-21(15-32)17-5-3-2-4-6-17/h2-8,13-14,16,21,32H,9-12,15H2,1H3,(H,27,28,29)/t21-/m1/s1. The van der Waals surface area contributed by atoms with Crippen molar-refractivity contribution in [2.24, 2.45) is 0 Å². The van der Waals surface area contributed by atoms with Gasteiger partial charge >= 0.3 is 0 Å². The molecular weight excluding hydrogens is 448 g/mol. The average molecular weight is 475 g/mol. The van der Waals surface area contributed by atoms with Crippen LogP contribution in [0.2, 0.25) is 0 Å². The Labute approximate surface area is 201 Å². The molecule has 4 heterocycles. The summed E-state index contributed by atoms with van der Waals surface area (Å²) in [6.45, 7) is 3.15. The van der Waals surface area contributed by atoms with Gasteiger partial charge in [0.1, 0.15) is 17.8 Å². The molecule has 0 aliphatic carbocycles. The van der Waals surface area contributed by atoms with E-state index >= 15 is 0 Å². The molecule has 5 rings (SSSR count). The number of nitrogens with one attached hydrogen (secondary N) is 1. The van der Waals surface area contributed by atoms with Gasteiger partial charge in [-0.15, -0.1) is 11.3 Å². The molecule has 1 amide bonds. The van der Waals surface area contributed by atoms with Crippen LogP contribution in [0.3, 0.4) is 0 Å². The van der Waals surface area contributed by atoms with Crippen molar-refractivity contribution in [2.75, 3.05) is 45.2 Å². The number of nitrogens with zero attached hydrogens (tertiary/aromatic N) is 5. The van der Waals surface area contributed by atoms with Crippen LogP contribution in [0.5, 0.6) is 0 Å². The first-order chi connectivity index (χ1) is 16.6. The molecule has 1 aliphatic rings. The van der Waals surface area contributed by atoms with Gasteiger partial charge in [0.05, 0.1) is 22.9 Å². The molecule has 1 aromatic carbocycles. The molecule has 1 saturated heterocycles. The van der Waals surface area contributed by atoms with E-state index in [1.165, 1.54) is 6.33 Å². The molecular formula is C25H26N6O2S. The minimum atomic E-state index is -0.272. The van der Waals surface area contributed by atoms with Gasteiger partial charge in [-0.3, -0.25) is 9.78 Å². The van der Waals surface area contributed by atoms with Crippen molar-refractivity contribution in [3.8, 4) is 10.4 Å². The van der Waals surface area contributed by atoms with Crippen molar-refractivity contribution in [3.05, 3.63) is 72.3 Å². The number of aliphatic hydroxyl groups is 1. The lowest BCUT2D eigenvalue weighted by molar-refractivity contribution is 0.0658. The Morgan fingerprint density at radius 3 is 2.59 bits per heavy atom. The first-order valence-corrected chi connectivity index (χ1v) is 12.0. The van der Waals surface area contributed by atoms with Gasteiger partial charge in [0, 0.05) is 42.8 Å². The minimum absolute atomic E-state index is 0.0238. The lowest BCUT2D eigenvalue weighted by atomic mass is 10.1. The van der Waals surface area contributed by atoms with Crippen molar-refractivity contribution in [1.29, 1.82) is 0 Å². The van der Waals surface area contributed by atoms with Crippen LogP contribution < -0.4 is 5.32 Å². The van der Waals surface area contributed by atoms with Gasteiger partial charge in [-0.2, -0.15) is 0 Å². The first-order valence-electron chi connectivity index (χ1n) is 11.2. The number of rotatable bonds is 6. The van der Waals surface area contributed by atoms with Gasteiger partial charge < -0.3 is 20.2 Å². The maximum Gasteiger partial charge on any atom is 0.272 e. The summed E-state index contributed by atoms with van der Waals surface area (Å²) in [6.07, 6.45) is 3.27. The number of hydrogen-bond acceptors (Lipinski definition) is 8. The summed E-state index contributed by atoms with van der Waals surface area (Å²) in [6, 6.07) is 15.3. The predicted molar refractivity (Wildman–Crippen MR) is 134 cm³/mol. The van der Waals surface area contributed by atoms with E-state index in [0.29, 0.717) is 11.5 Å². The maximum absolute atomic E-state index is 12.8. The van der Waals surface area contributed by atoms with Crippen molar-refractivity contribution < 1.29 is 9.90 Å². The van der Waals surface area contributed by atoms with Crippen LogP contribution in [0.25, 0.3) is 20.7 Å². The zero-order chi connectivity index (χ0) is 23.5. The Morgan fingerprint density at radius 2 is 1.88 bits per heavy atom. The second-order valence-corrected chi connectivity index (χ2v) is 9.42. The molecule has 0 saturated carbocycles. The average Bonchev–Trinajstić information content (AvgIpc) is 3.33. The predicted octanol–water partition coefficient (Wildman–Crippen LogP) is 3.29. The highest BCUT2D eigenvalue weighted by Crippen LogP contribution is 2.36. The zero-order valence-corrected chi connectivity index (χ0v) is 19.7.